The fourth-order valence-electron chi connectivity index (χ4n) is 3.74. The van der Waals surface area contributed by atoms with Gasteiger partial charge in [0.25, 0.3) is 5.91 Å². The van der Waals surface area contributed by atoms with Gasteiger partial charge in [0.15, 0.2) is 12.3 Å². The zero-order valence-corrected chi connectivity index (χ0v) is 17.8. The van der Waals surface area contributed by atoms with Crippen molar-refractivity contribution in [2.45, 2.75) is 19.3 Å². The fourth-order valence-corrected chi connectivity index (χ4v) is 3.74. The molecule has 0 unspecified atom stereocenters. The van der Waals surface area contributed by atoms with Gasteiger partial charge >= 0.3 is 5.97 Å². The van der Waals surface area contributed by atoms with Gasteiger partial charge in [0.2, 0.25) is 0 Å². The van der Waals surface area contributed by atoms with E-state index in [1.165, 1.54) is 15.6 Å². The minimum Gasteiger partial charge on any atom is -0.452 e. The third-order valence-electron chi connectivity index (χ3n) is 5.27. The Balaban J connectivity index is 1.33. The second kappa shape index (κ2) is 9.87. The molecule has 0 saturated carbocycles. The maximum atomic E-state index is 12.5. The van der Waals surface area contributed by atoms with Crippen molar-refractivity contribution < 1.29 is 14.3 Å². The third-order valence-corrected chi connectivity index (χ3v) is 5.27. The van der Waals surface area contributed by atoms with Gasteiger partial charge in [-0.3, -0.25) is 4.79 Å². The molecule has 4 rings (SSSR count). The van der Waals surface area contributed by atoms with Gasteiger partial charge in [-0.05, 0) is 30.5 Å². The molecule has 0 atom stereocenters. The summed E-state index contributed by atoms with van der Waals surface area (Å²) in [6, 6.07) is 22.1. The van der Waals surface area contributed by atoms with E-state index in [0.717, 1.165) is 6.42 Å². The van der Waals surface area contributed by atoms with E-state index in [9.17, 15) is 9.59 Å². The first-order chi connectivity index (χ1) is 15.6. The monoisotopic (exact) mass is 428 g/mol. The normalized spacial score (nSPS) is 10.9. The number of rotatable bonds is 8. The van der Waals surface area contributed by atoms with Crippen molar-refractivity contribution in [1.82, 2.24) is 19.9 Å². The number of fused-ring (bicyclic) bond motifs is 1. The predicted octanol–water partition coefficient (Wildman–Crippen LogP) is 3.53. The number of nitrogens with zero attached hydrogens (tertiary/aromatic N) is 3. The molecule has 0 fully saturated rings. The molecule has 32 heavy (non-hydrogen) atoms. The molecule has 4 aromatic rings. The lowest BCUT2D eigenvalue weighted by Gasteiger charge is -2.18. The van der Waals surface area contributed by atoms with Crippen molar-refractivity contribution in [3.8, 4) is 0 Å². The van der Waals surface area contributed by atoms with E-state index in [1.54, 1.807) is 25.4 Å². The number of hydrogen-bond donors (Lipinski definition) is 1. The Bertz CT molecular complexity index is 1170. The summed E-state index contributed by atoms with van der Waals surface area (Å²) < 4.78 is 6.73. The maximum absolute atomic E-state index is 12.5. The van der Waals surface area contributed by atoms with Gasteiger partial charge in [0.05, 0.1) is 5.69 Å². The number of aromatic nitrogens is 3. The molecule has 0 saturated heterocycles. The first-order valence-electron chi connectivity index (χ1n) is 10.5. The quantitative estimate of drug-likeness (QED) is 0.434. The number of amides is 1. The number of nitrogens with one attached hydrogen (secondary N) is 1. The lowest BCUT2D eigenvalue weighted by atomic mass is 9.88. The Labute approximate surface area is 186 Å². The lowest BCUT2D eigenvalue weighted by molar-refractivity contribution is -0.124. The lowest BCUT2D eigenvalue weighted by Crippen LogP contribution is -2.30. The van der Waals surface area contributed by atoms with E-state index >= 15 is 0 Å². The van der Waals surface area contributed by atoms with Crippen molar-refractivity contribution >= 4 is 17.5 Å². The zero-order valence-electron chi connectivity index (χ0n) is 17.8. The molecule has 2 aromatic heterocycles. The molecular weight excluding hydrogens is 404 g/mol. The summed E-state index contributed by atoms with van der Waals surface area (Å²) in [5.74, 6) is -0.800. The summed E-state index contributed by atoms with van der Waals surface area (Å²) in [4.78, 5) is 29.0. The van der Waals surface area contributed by atoms with Crippen LogP contribution in [-0.4, -0.2) is 39.6 Å². The van der Waals surface area contributed by atoms with Crippen LogP contribution >= 0.6 is 0 Å². The molecule has 0 bridgehead atoms. The fraction of sp³-hybridized carbons (Fsp3) is 0.200. The largest absolute Gasteiger partial charge is 0.452 e. The summed E-state index contributed by atoms with van der Waals surface area (Å²) in [5, 5.41) is 7.09. The Morgan fingerprint density at radius 3 is 2.31 bits per heavy atom. The second-order valence-electron chi connectivity index (χ2n) is 7.44. The van der Waals surface area contributed by atoms with E-state index in [-0.39, 0.29) is 24.0 Å². The summed E-state index contributed by atoms with van der Waals surface area (Å²) in [5.41, 5.74) is 3.56. The zero-order chi connectivity index (χ0) is 22.3. The number of carbonyl (C=O) groups excluding carboxylic acids is 2. The number of ether oxygens (including phenoxy) is 1. The average molecular weight is 428 g/mol. The molecular formula is C25H24N4O3. The van der Waals surface area contributed by atoms with Crippen molar-refractivity contribution in [3.63, 3.8) is 0 Å². The van der Waals surface area contributed by atoms with Gasteiger partial charge in [-0.1, -0.05) is 60.7 Å². The Hall–Kier alpha value is -4.00. The van der Waals surface area contributed by atoms with Gasteiger partial charge in [0.1, 0.15) is 5.56 Å². The molecule has 0 aliphatic rings. The van der Waals surface area contributed by atoms with Crippen LogP contribution in [0.15, 0.2) is 79.1 Å². The van der Waals surface area contributed by atoms with Crippen LogP contribution in [0.2, 0.25) is 0 Å². The molecule has 162 valence electrons. The van der Waals surface area contributed by atoms with Crippen LogP contribution in [0.3, 0.4) is 0 Å². The van der Waals surface area contributed by atoms with Gasteiger partial charge in [0, 0.05) is 24.9 Å². The third kappa shape index (κ3) is 4.83. The molecule has 2 heterocycles. The molecule has 0 aliphatic heterocycles. The summed E-state index contributed by atoms with van der Waals surface area (Å²) in [6.07, 6.45) is 4.01. The molecule has 2 aromatic carbocycles. The number of benzene rings is 2. The van der Waals surface area contributed by atoms with Gasteiger partial charge < -0.3 is 10.1 Å². The van der Waals surface area contributed by atoms with Gasteiger partial charge in [-0.15, -0.1) is 0 Å². The first-order valence-corrected chi connectivity index (χ1v) is 10.5. The Morgan fingerprint density at radius 1 is 1.00 bits per heavy atom. The highest BCUT2D eigenvalue weighted by molar-refractivity contribution is 5.98. The first kappa shape index (κ1) is 21.2. The van der Waals surface area contributed by atoms with Crippen LogP contribution in [0.1, 0.15) is 39.5 Å². The summed E-state index contributed by atoms with van der Waals surface area (Å²) >= 11 is 0. The number of hydrogen-bond acceptors (Lipinski definition) is 5. The van der Waals surface area contributed by atoms with Crippen LogP contribution in [-0.2, 0) is 9.53 Å². The van der Waals surface area contributed by atoms with E-state index in [0.29, 0.717) is 17.9 Å². The molecule has 7 nitrogen and oxygen atoms in total. The smallest absolute Gasteiger partial charge is 0.344 e. The van der Waals surface area contributed by atoms with Gasteiger partial charge in [-0.2, -0.15) is 5.10 Å². The summed E-state index contributed by atoms with van der Waals surface area (Å²) in [7, 11) is 0. The molecule has 1 amide bonds. The second-order valence-corrected chi connectivity index (χ2v) is 7.44. The molecule has 0 aliphatic carbocycles. The highest BCUT2D eigenvalue weighted by atomic mass is 16.5. The van der Waals surface area contributed by atoms with Crippen molar-refractivity contribution in [1.29, 1.82) is 0 Å². The van der Waals surface area contributed by atoms with E-state index < -0.39 is 5.97 Å². The van der Waals surface area contributed by atoms with E-state index in [4.69, 9.17) is 4.74 Å². The molecule has 7 heteroatoms. The SMILES string of the molecule is Cc1nn2cccnc2c1C(=O)OCC(=O)NCCC(c1ccccc1)c1ccccc1. The highest BCUT2D eigenvalue weighted by Gasteiger charge is 2.20. The van der Waals surface area contributed by atoms with Crippen LogP contribution in [0, 0.1) is 6.92 Å². The van der Waals surface area contributed by atoms with Crippen LogP contribution in [0.25, 0.3) is 5.65 Å². The van der Waals surface area contributed by atoms with Crippen LogP contribution in [0.5, 0.6) is 0 Å². The highest BCUT2D eigenvalue weighted by Crippen LogP contribution is 2.27. The van der Waals surface area contributed by atoms with Crippen LogP contribution < -0.4 is 5.32 Å². The predicted molar refractivity (Wildman–Crippen MR) is 120 cm³/mol. The number of esters is 1. The van der Waals surface area contributed by atoms with Gasteiger partial charge in [-0.25, -0.2) is 14.3 Å². The Morgan fingerprint density at radius 2 is 1.66 bits per heavy atom. The van der Waals surface area contributed by atoms with Crippen molar-refractivity contribution in [2.75, 3.05) is 13.2 Å². The van der Waals surface area contributed by atoms with E-state index in [2.05, 4.69) is 39.7 Å². The molecule has 1 N–H and O–H groups in total. The standard InChI is InChI=1S/C25H24N4O3/c1-18-23(24-27-14-8-16-29(24)28-18)25(31)32-17-22(30)26-15-13-21(19-9-4-2-5-10-19)20-11-6-3-7-12-20/h2-12,14,16,21H,13,15,17H2,1H3,(H,26,30). The molecule has 0 radical (unpaired) electrons. The summed E-state index contributed by atoms with van der Waals surface area (Å²) in [6.45, 7) is 1.81. The number of aryl methyl sites for hydroxylation is 1. The molecule has 0 spiro atoms. The topological polar surface area (TPSA) is 85.6 Å². The maximum Gasteiger partial charge on any atom is 0.344 e. The van der Waals surface area contributed by atoms with Crippen LogP contribution in [0.4, 0.5) is 0 Å². The minimum absolute atomic E-state index is 0.160. The average Bonchev–Trinajstić information content (AvgIpc) is 3.17. The Kier molecular flexibility index (Phi) is 6.55. The van der Waals surface area contributed by atoms with Crippen molar-refractivity contribution in [3.05, 3.63) is 102 Å². The number of carbonyl (C=O) groups is 2. The minimum atomic E-state index is -0.613. The van der Waals surface area contributed by atoms with Crippen molar-refractivity contribution in [2.24, 2.45) is 0 Å². The van der Waals surface area contributed by atoms with E-state index in [1.807, 2.05) is 36.4 Å².